The van der Waals surface area contributed by atoms with E-state index in [0.29, 0.717) is 5.95 Å². The van der Waals surface area contributed by atoms with Gasteiger partial charge in [-0.15, -0.1) is 0 Å². The minimum Gasteiger partial charge on any atom is -0.336 e. The Hall–Kier alpha value is -1.99. The highest BCUT2D eigenvalue weighted by Crippen LogP contribution is 2.25. The number of benzene rings is 1. The van der Waals surface area contributed by atoms with Gasteiger partial charge in [0.05, 0.1) is 12.3 Å². The Morgan fingerprint density at radius 1 is 1.17 bits per heavy atom. The molecule has 122 valence electrons. The third-order valence-electron chi connectivity index (χ3n) is 4.01. The van der Waals surface area contributed by atoms with Gasteiger partial charge < -0.3 is 4.90 Å². The highest BCUT2D eigenvalue weighted by Gasteiger charge is 2.37. The van der Waals surface area contributed by atoms with Crippen molar-refractivity contribution in [2.45, 2.75) is 24.9 Å². The number of nitrogens with zero attached hydrogens (tertiary/aromatic N) is 3. The van der Waals surface area contributed by atoms with E-state index < -0.39 is 10.0 Å². The van der Waals surface area contributed by atoms with Crippen LogP contribution in [0.5, 0.6) is 0 Å². The van der Waals surface area contributed by atoms with E-state index >= 15 is 0 Å². The fourth-order valence-corrected chi connectivity index (χ4v) is 3.89. The summed E-state index contributed by atoms with van der Waals surface area (Å²) in [6.45, 7) is 0.731. The SMILES string of the molecule is CS(=O)(=O)N[C@@H]1CCN(c2ncccn2)[C@H]1Cc1ccccc1. The molecule has 0 saturated carbocycles. The normalized spacial score (nSPS) is 21.5. The first-order chi connectivity index (χ1) is 11.0. The third-order valence-corrected chi connectivity index (χ3v) is 4.74. The van der Waals surface area contributed by atoms with Gasteiger partial charge in [0.1, 0.15) is 0 Å². The smallest absolute Gasteiger partial charge is 0.225 e. The molecule has 1 fully saturated rings. The van der Waals surface area contributed by atoms with Crippen LogP contribution in [0.1, 0.15) is 12.0 Å². The topological polar surface area (TPSA) is 75.2 Å². The molecule has 2 aromatic rings. The summed E-state index contributed by atoms with van der Waals surface area (Å²) in [4.78, 5) is 10.7. The molecule has 1 aliphatic heterocycles. The number of hydrogen-bond acceptors (Lipinski definition) is 5. The van der Waals surface area contributed by atoms with Gasteiger partial charge in [-0.1, -0.05) is 30.3 Å². The van der Waals surface area contributed by atoms with Crippen LogP contribution in [0.3, 0.4) is 0 Å². The number of hydrogen-bond donors (Lipinski definition) is 1. The molecule has 6 nitrogen and oxygen atoms in total. The number of rotatable bonds is 5. The number of aromatic nitrogens is 2. The lowest BCUT2D eigenvalue weighted by Gasteiger charge is -2.28. The van der Waals surface area contributed by atoms with Crippen LogP contribution in [-0.4, -0.2) is 43.3 Å². The van der Waals surface area contributed by atoms with Crippen LogP contribution in [0, 0.1) is 0 Å². The molecule has 1 N–H and O–H groups in total. The standard InChI is InChI=1S/C16H20N4O2S/c1-23(21,22)19-14-8-11-20(16-17-9-5-10-18-16)15(14)12-13-6-3-2-4-7-13/h2-7,9-10,14-15,19H,8,11-12H2,1H3/t14-,15+/m1/s1. The zero-order valence-corrected chi connectivity index (χ0v) is 13.8. The van der Waals surface area contributed by atoms with E-state index in [1.54, 1.807) is 18.5 Å². The molecule has 1 aromatic carbocycles. The Balaban J connectivity index is 1.87. The zero-order chi connectivity index (χ0) is 16.3. The maximum atomic E-state index is 11.7. The van der Waals surface area contributed by atoms with E-state index in [1.165, 1.54) is 11.8 Å². The van der Waals surface area contributed by atoms with Gasteiger partial charge in [0, 0.05) is 25.0 Å². The number of sulfonamides is 1. The summed E-state index contributed by atoms with van der Waals surface area (Å²) in [5, 5.41) is 0. The molecular formula is C16H20N4O2S. The first-order valence-electron chi connectivity index (χ1n) is 7.58. The lowest BCUT2D eigenvalue weighted by atomic mass is 10.0. The van der Waals surface area contributed by atoms with Crippen LogP contribution in [0.4, 0.5) is 5.95 Å². The first kappa shape index (κ1) is 15.9. The minimum absolute atomic E-state index is 0.00507. The molecule has 2 heterocycles. The molecule has 0 aliphatic carbocycles. The molecule has 0 bridgehead atoms. The lowest BCUT2D eigenvalue weighted by molar-refractivity contribution is 0.513. The van der Waals surface area contributed by atoms with Crippen molar-refractivity contribution in [3.8, 4) is 0 Å². The zero-order valence-electron chi connectivity index (χ0n) is 13.0. The summed E-state index contributed by atoms with van der Waals surface area (Å²) in [7, 11) is -3.26. The second kappa shape index (κ2) is 6.64. The number of nitrogens with one attached hydrogen (secondary N) is 1. The van der Waals surface area contributed by atoms with E-state index in [9.17, 15) is 8.42 Å². The Morgan fingerprint density at radius 3 is 2.52 bits per heavy atom. The second-order valence-corrected chi connectivity index (χ2v) is 7.56. The highest BCUT2D eigenvalue weighted by molar-refractivity contribution is 7.88. The first-order valence-corrected chi connectivity index (χ1v) is 9.47. The van der Waals surface area contributed by atoms with Gasteiger partial charge in [0.15, 0.2) is 0 Å². The van der Waals surface area contributed by atoms with Crippen molar-refractivity contribution in [1.82, 2.24) is 14.7 Å². The average molecular weight is 332 g/mol. The summed E-state index contributed by atoms with van der Waals surface area (Å²) < 4.78 is 26.1. The molecule has 0 spiro atoms. The van der Waals surface area contributed by atoms with Crippen molar-refractivity contribution < 1.29 is 8.42 Å². The van der Waals surface area contributed by atoms with Gasteiger partial charge in [-0.3, -0.25) is 0 Å². The van der Waals surface area contributed by atoms with E-state index in [2.05, 4.69) is 31.7 Å². The predicted molar refractivity (Wildman–Crippen MR) is 89.7 cm³/mol. The average Bonchev–Trinajstić information content (AvgIpc) is 2.90. The molecule has 0 amide bonds. The molecule has 7 heteroatoms. The van der Waals surface area contributed by atoms with E-state index in [0.717, 1.165) is 19.4 Å². The Kier molecular flexibility index (Phi) is 4.58. The molecule has 23 heavy (non-hydrogen) atoms. The Morgan fingerprint density at radius 2 is 1.87 bits per heavy atom. The third kappa shape index (κ3) is 4.05. The molecule has 3 rings (SSSR count). The summed E-state index contributed by atoms with van der Waals surface area (Å²) in [6, 6.07) is 11.7. The monoisotopic (exact) mass is 332 g/mol. The van der Waals surface area contributed by atoms with Gasteiger partial charge in [-0.2, -0.15) is 0 Å². The van der Waals surface area contributed by atoms with Crippen LogP contribution in [0.25, 0.3) is 0 Å². The van der Waals surface area contributed by atoms with Crippen molar-refractivity contribution in [1.29, 1.82) is 0 Å². The largest absolute Gasteiger partial charge is 0.336 e. The second-order valence-electron chi connectivity index (χ2n) is 5.78. The van der Waals surface area contributed by atoms with Crippen molar-refractivity contribution >= 4 is 16.0 Å². The quantitative estimate of drug-likeness (QED) is 0.891. The van der Waals surface area contributed by atoms with Crippen LogP contribution in [0.2, 0.25) is 0 Å². The fraction of sp³-hybridized carbons (Fsp3) is 0.375. The summed E-state index contributed by atoms with van der Waals surface area (Å²) in [5.41, 5.74) is 1.17. The van der Waals surface area contributed by atoms with E-state index in [4.69, 9.17) is 0 Å². The molecule has 0 radical (unpaired) electrons. The molecule has 0 unspecified atom stereocenters. The number of anilines is 1. The van der Waals surface area contributed by atoms with Crippen LogP contribution >= 0.6 is 0 Å². The van der Waals surface area contributed by atoms with Gasteiger partial charge in [0.2, 0.25) is 16.0 Å². The highest BCUT2D eigenvalue weighted by atomic mass is 32.2. The fourth-order valence-electron chi connectivity index (χ4n) is 3.06. The summed E-state index contributed by atoms with van der Waals surface area (Å²) in [6.07, 6.45) is 6.10. The molecular weight excluding hydrogens is 312 g/mol. The lowest BCUT2D eigenvalue weighted by Crippen LogP contribution is -2.46. The molecule has 1 aliphatic rings. The van der Waals surface area contributed by atoms with E-state index in [1.807, 2.05) is 18.2 Å². The Labute approximate surface area is 136 Å². The van der Waals surface area contributed by atoms with Crippen LogP contribution in [-0.2, 0) is 16.4 Å². The van der Waals surface area contributed by atoms with Crippen LogP contribution in [0.15, 0.2) is 48.8 Å². The minimum atomic E-state index is -3.26. The molecule has 1 aromatic heterocycles. The van der Waals surface area contributed by atoms with Crippen LogP contribution < -0.4 is 9.62 Å². The van der Waals surface area contributed by atoms with Gasteiger partial charge in [-0.25, -0.2) is 23.1 Å². The maximum Gasteiger partial charge on any atom is 0.225 e. The van der Waals surface area contributed by atoms with E-state index in [-0.39, 0.29) is 12.1 Å². The predicted octanol–water partition coefficient (Wildman–Crippen LogP) is 1.22. The van der Waals surface area contributed by atoms with Gasteiger partial charge in [-0.05, 0) is 24.5 Å². The van der Waals surface area contributed by atoms with Crippen molar-refractivity contribution in [2.24, 2.45) is 0 Å². The summed E-state index contributed by atoms with van der Waals surface area (Å²) in [5.74, 6) is 0.645. The maximum absolute atomic E-state index is 11.7. The molecule has 1 saturated heterocycles. The summed E-state index contributed by atoms with van der Waals surface area (Å²) >= 11 is 0. The van der Waals surface area contributed by atoms with Crippen molar-refractivity contribution in [2.75, 3.05) is 17.7 Å². The van der Waals surface area contributed by atoms with Gasteiger partial charge >= 0.3 is 0 Å². The van der Waals surface area contributed by atoms with Gasteiger partial charge in [0.25, 0.3) is 0 Å². The van der Waals surface area contributed by atoms with Crippen molar-refractivity contribution in [3.05, 3.63) is 54.4 Å². The Bertz CT molecular complexity index is 737. The van der Waals surface area contributed by atoms with Crippen molar-refractivity contribution in [3.63, 3.8) is 0 Å². The molecule has 2 atom stereocenters.